The highest BCUT2D eigenvalue weighted by Gasteiger charge is 2.25. The molecule has 3 rings (SSSR count). The molecule has 146 valence electrons. The Balaban J connectivity index is 1.63. The number of hydrogen-bond acceptors (Lipinski definition) is 5. The molecule has 2 aromatic heterocycles. The van der Waals surface area contributed by atoms with Crippen LogP contribution < -0.4 is 10.6 Å². The predicted octanol–water partition coefficient (Wildman–Crippen LogP) is 4.33. The third-order valence-electron chi connectivity index (χ3n) is 4.03. The second-order valence-electron chi connectivity index (χ2n) is 6.60. The number of carbonyl (C=O) groups excluding carboxylic acids is 2. The smallest absolute Gasteiger partial charge is 0.262 e. The molecule has 0 aliphatic rings. The summed E-state index contributed by atoms with van der Waals surface area (Å²) in [7, 11) is 0. The minimum atomic E-state index is -0.676. The average Bonchev–Trinajstić information content (AvgIpc) is 3.31. The van der Waals surface area contributed by atoms with Crippen molar-refractivity contribution in [3.8, 4) is 0 Å². The Labute approximate surface area is 170 Å². The summed E-state index contributed by atoms with van der Waals surface area (Å²) in [5.74, 6) is -0.950. The minimum Gasteiger partial charge on any atom is -0.339 e. The second kappa shape index (κ2) is 9.07. The van der Waals surface area contributed by atoms with Crippen LogP contribution in [0.5, 0.6) is 0 Å². The standard InChI is InChI=1S/C20H20FN3O2S2/c1-12(2)17(23-18(25)16-7-4-8-27-16)19(26)24-20-22-11-15(28-20)10-13-5-3-6-14(21)9-13/h3-9,11-12,17H,10H2,1-2H3,(H,23,25)(H,22,24,26). The maximum absolute atomic E-state index is 13.3. The van der Waals surface area contributed by atoms with Crippen LogP contribution in [0, 0.1) is 11.7 Å². The van der Waals surface area contributed by atoms with Gasteiger partial charge >= 0.3 is 0 Å². The molecule has 0 fully saturated rings. The molecule has 0 aliphatic heterocycles. The lowest BCUT2D eigenvalue weighted by Gasteiger charge is -2.20. The zero-order valence-corrected chi connectivity index (χ0v) is 17.1. The van der Waals surface area contributed by atoms with Crippen molar-refractivity contribution in [2.24, 2.45) is 5.92 Å². The Bertz CT molecular complexity index is 954. The Morgan fingerprint density at radius 1 is 1.21 bits per heavy atom. The third kappa shape index (κ3) is 5.24. The number of benzene rings is 1. The predicted molar refractivity (Wildman–Crippen MR) is 110 cm³/mol. The highest BCUT2D eigenvalue weighted by atomic mass is 32.1. The van der Waals surface area contributed by atoms with Crippen LogP contribution in [0.15, 0.2) is 48.0 Å². The fourth-order valence-corrected chi connectivity index (χ4v) is 4.11. The number of amides is 2. The van der Waals surface area contributed by atoms with Gasteiger partial charge in [-0.2, -0.15) is 0 Å². The summed E-state index contributed by atoms with van der Waals surface area (Å²) in [4.78, 5) is 30.6. The van der Waals surface area contributed by atoms with E-state index in [1.807, 2.05) is 25.3 Å². The highest BCUT2D eigenvalue weighted by molar-refractivity contribution is 7.15. The van der Waals surface area contributed by atoms with E-state index in [0.717, 1.165) is 10.4 Å². The van der Waals surface area contributed by atoms with Crippen LogP contribution in [0.2, 0.25) is 0 Å². The van der Waals surface area contributed by atoms with Crippen LogP contribution >= 0.6 is 22.7 Å². The van der Waals surface area contributed by atoms with Crippen molar-refractivity contribution in [3.05, 3.63) is 69.1 Å². The summed E-state index contributed by atoms with van der Waals surface area (Å²) in [6.07, 6.45) is 2.20. The molecular formula is C20H20FN3O2S2. The lowest BCUT2D eigenvalue weighted by Crippen LogP contribution is -2.46. The van der Waals surface area contributed by atoms with Crippen LogP contribution in [0.4, 0.5) is 9.52 Å². The van der Waals surface area contributed by atoms with Crippen LogP contribution in [0.25, 0.3) is 0 Å². The van der Waals surface area contributed by atoms with Crippen molar-refractivity contribution in [2.75, 3.05) is 5.32 Å². The summed E-state index contributed by atoms with van der Waals surface area (Å²) in [5.41, 5.74) is 0.838. The van der Waals surface area contributed by atoms with Gasteiger partial charge in [0.25, 0.3) is 5.91 Å². The average molecular weight is 418 g/mol. The third-order valence-corrected chi connectivity index (χ3v) is 5.81. The van der Waals surface area contributed by atoms with Crippen LogP contribution in [-0.2, 0) is 11.2 Å². The first-order chi connectivity index (χ1) is 13.4. The number of thiophene rings is 1. The number of rotatable bonds is 7. The molecule has 1 atom stereocenters. The normalized spacial score (nSPS) is 12.0. The van der Waals surface area contributed by atoms with E-state index in [4.69, 9.17) is 0 Å². The van der Waals surface area contributed by atoms with Gasteiger partial charge in [0, 0.05) is 17.5 Å². The molecule has 0 bridgehead atoms. The summed E-state index contributed by atoms with van der Waals surface area (Å²) < 4.78 is 13.3. The molecule has 2 amide bonds. The Hall–Kier alpha value is -2.58. The van der Waals surface area contributed by atoms with E-state index in [1.165, 1.54) is 34.8 Å². The van der Waals surface area contributed by atoms with E-state index < -0.39 is 6.04 Å². The first-order valence-corrected chi connectivity index (χ1v) is 10.5. The molecule has 5 nitrogen and oxygen atoms in total. The van der Waals surface area contributed by atoms with E-state index >= 15 is 0 Å². The Morgan fingerprint density at radius 2 is 2.04 bits per heavy atom. The molecule has 0 saturated heterocycles. The van der Waals surface area contributed by atoms with Crippen LogP contribution in [-0.4, -0.2) is 22.8 Å². The summed E-state index contributed by atoms with van der Waals surface area (Å²) in [6, 6.07) is 9.22. The molecule has 8 heteroatoms. The van der Waals surface area contributed by atoms with Crippen molar-refractivity contribution >= 4 is 39.6 Å². The summed E-state index contributed by atoms with van der Waals surface area (Å²) in [6.45, 7) is 3.74. The highest BCUT2D eigenvalue weighted by Crippen LogP contribution is 2.22. The fourth-order valence-electron chi connectivity index (χ4n) is 2.63. The number of carbonyl (C=O) groups is 2. The van der Waals surface area contributed by atoms with Crippen LogP contribution in [0.1, 0.15) is 34.0 Å². The SMILES string of the molecule is CC(C)C(NC(=O)c1cccs1)C(=O)Nc1ncc(Cc2cccc(F)c2)s1. The van der Waals surface area contributed by atoms with Gasteiger partial charge in [0.15, 0.2) is 5.13 Å². The Kier molecular flexibility index (Phi) is 6.53. The number of anilines is 1. The van der Waals surface area contributed by atoms with Crippen molar-refractivity contribution < 1.29 is 14.0 Å². The van der Waals surface area contributed by atoms with Gasteiger partial charge in [-0.05, 0) is 35.1 Å². The maximum Gasteiger partial charge on any atom is 0.262 e. The van der Waals surface area contributed by atoms with Gasteiger partial charge in [-0.15, -0.1) is 22.7 Å². The Morgan fingerprint density at radius 3 is 2.71 bits per heavy atom. The lowest BCUT2D eigenvalue weighted by molar-refractivity contribution is -0.118. The first-order valence-electron chi connectivity index (χ1n) is 8.76. The summed E-state index contributed by atoms with van der Waals surface area (Å²) in [5, 5.41) is 7.83. The quantitative estimate of drug-likeness (QED) is 0.601. The van der Waals surface area contributed by atoms with Crippen molar-refractivity contribution in [3.63, 3.8) is 0 Å². The van der Waals surface area contributed by atoms with Gasteiger partial charge in [0.1, 0.15) is 11.9 Å². The van der Waals surface area contributed by atoms with Gasteiger partial charge in [0.2, 0.25) is 5.91 Å². The van der Waals surface area contributed by atoms with E-state index in [2.05, 4.69) is 15.6 Å². The monoisotopic (exact) mass is 417 g/mol. The molecule has 0 spiro atoms. The van der Waals surface area contributed by atoms with E-state index in [0.29, 0.717) is 16.4 Å². The number of hydrogen-bond donors (Lipinski definition) is 2. The molecule has 0 radical (unpaired) electrons. The number of halogens is 1. The number of nitrogens with zero attached hydrogens (tertiary/aromatic N) is 1. The number of nitrogens with one attached hydrogen (secondary N) is 2. The first kappa shape index (κ1) is 20.2. The van der Waals surface area contributed by atoms with Crippen molar-refractivity contribution in [1.29, 1.82) is 0 Å². The molecule has 0 saturated carbocycles. The van der Waals surface area contributed by atoms with Gasteiger partial charge in [0.05, 0.1) is 4.88 Å². The number of thiazole rings is 1. The fraction of sp³-hybridized carbons (Fsp3) is 0.250. The molecule has 2 N–H and O–H groups in total. The zero-order valence-electron chi connectivity index (χ0n) is 15.4. The van der Waals surface area contributed by atoms with E-state index in [-0.39, 0.29) is 23.5 Å². The van der Waals surface area contributed by atoms with Crippen molar-refractivity contribution in [1.82, 2.24) is 10.3 Å². The maximum atomic E-state index is 13.3. The topological polar surface area (TPSA) is 71.1 Å². The zero-order chi connectivity index (χ0) is 20.1. The van der Waals surface area contributed by atoms with Gasteiger partial charge in [-0.3, -0.25) is 9.59 Å². The van der Waals surface area contributed by atoms with Gasteiger partial charge in [-0.25, -0.2) is 9.37 Å². The molecule has 1 unspecified atom stereocenters. The van der Waals surface area contributed by atoms with E-state index in [1.54, 1.807) is 24.4 Å². The molecule has 0 aliphatic carbocycles. The molecule has 28 heavy (non-hydrogen) atoms. The van der Waals surface area contributed by atoms with E-state index in [9.17, 15) is 14.0 Å². The number of aromatic nitrogens is 1. The molecule has 2 heterocycles. The van der Waals surface area contributed by atoms with Crippen LogP contribution in [0.3, 0.4) is 0 Å². The molecule has 1 aromatic carbocycles. The minimum absolute atomic E-state index is 0.0874. The largest absolute Gasteiger partial charge is 0.339 e. The second-order valence-corrected chi connectivity index (χ2v) is 8.66. The van der Waals surface area contributed by atoms with Gasteiger partial charge in [-0.1, -0.05) is 32.0 Å². The molecular weight excluding hydrogens is 397 g/mol. The molecule has 3 aromatic rings. The van der Waals surface area contributed by atoms with Crippen molar-refractivity contribution in [2.45, 2.75) is 26.3 Å². The lowest BCUT2D eigenvalue weighted by atomic mass is 10.0. The summed E-state index contributed by atoms with van der Waals surface area (Å²) >= 11 is 2.66. The van der Waals surface area contributed by atoms with Gasteiger partial charge < -0.3 is 10.6 Å².